The Morgan fingerprint density at radius 1 is 1.19 bits per heavy atom. The van der Waals surface area contributed by atoms with Gasteiger partial charge in [0, 0.05) is 32.5 Å². The zero-order valence-electron chi connectivity index (χ0n) is 18.3. The summed E-state index contributed by atoms with van der Waals surface area (Å²) < 4.78 is 1.92. The fourth-order valence-corrected chi connectivity index (χ4v) is 4.67. The highest BCUT2D eigenvalue weighted by molar-refractivity contribution is 14.0. The van der Waals surface area contributed by atoms with E-state index < -0.39 is 0 Å². The van der Waals surface area contributed by atoms with Crippen molar-refractivity contribution in [3.05, 3.63) is 53.9 Å². The molecule has 1 aromatic heterocycles. The number of benzene rings is 1. The van der Waals surface area contributed by atoms with Crippen LogP contribution in [0.15, 0.2) is 47.7 Å². The fourth-order valence-electron chi connectivity index (χ4n) is 4.67. The first-order valence-corrected chi connectivity index (χ1v) is 10.9. The minimum Gasteiger partial charge on any atom is -0.353 e. The van der Waals surface area contributed by atoms with Crippen LogP contribution in [0.2, 0.25) is 0 Å². The van der Waals surface area contributed by atoms with Crippen molar-refractivity contribution in [2.75, 3.05) is 20.6 Å². The molecule has 4 rings (SSSR count). The van der Waals surface area contributed by atoms with Gasteiger partial charge in [0.05, 0.1) is 19.6 Å². The third kappa shape index (κ3) is 6.21. The average Bonchev–Trinajstić information content (AvgIpc) is 3.49. The van der Waals surface area contributed by atoms with E-state index in [0.29, 0.717) is 12.6 Å². The lowest BCUT2D eigenvalue weighted by molar-refractivity contribution is -0.127. The van der Waals surface area contributed by atoms with Gasteiger partial charge in [0.25, 0.3) is 0 Å². The Kier molecular flexibility index (Phi) is 8.34. The second-order valence-corrected chi connectivity index (χ2v) is 8.70. The number of halogens is 1. The van der Waals surface area contributed by atoms with Gasteiger partial charge < -0.3 is 15.5 Å². The number of aliphatic imine (C=N–C) groups is 1. The number of nitrogens with one attached hydrogen (secondary N) is 2. The summed E-state index contributed by atoms with van der Waals surface area (Å²) in [5, 5.41) is 11.2. The number of nitrogens with zero attached hydrogens (tertiary/aromatic N) is 4. The van der Waals surface area contributed by atoms with E-state index in [0.717, 1.165) is 24.3 Å². The number of aromatic nitrogens is 2. The average molecular weight is 536 g/mol. The van der Waals surface area contributed by atoms with E-state index in [9.17, 15) is 4.79 Å². The van der Waals surface area contributed by atoms with Gasteiger partial charge in [-0.15, -0.1) is 24.0 Å². The van der Waals surface area contributed by atoms with Crippen molar-refractivity contribution >= 4 is 35.8 Å². The van der Waals surface area contributed by atoms with Crippen LogP contribution in [0.1, 0.15) is 36.8 Å². The van der Waals surface area contributed by atoms with Gasteiger partial charge in [0.2, 0.25) is 5.91 Å². The topological polar surface area (TPSA) is 74.5 Å². The lowest BCUT2D eigenvalue weighted by Crippen LogP contribution is -2.48. The second-order valence-electron chi connectivity index (χ2n) is 8.70. The quantitative estimate of drug-likeness (QED) is 0.325. The number of carbonyl (C=O) groups is 1. The Bertz CT molecular complexity index is 882. The number of hydrogen-bond acceptors (Lipinski definition) is 3. The van der Waals surface area contributed by atoms with Crippen molar-refractivity contribution in [2.24, 2.45) is 16.8 Å². The maximum Gasteiger partial charge on any atom is 0.241 e. The summed E-state index contributed by atoms with van der Waals surface area (Å²) in [4.78, 5) is 18.5. The summed E-state index contributed by atoms with van der Waals surface area (Å²) in [5.41, 5.74) is 2.37. The molecule has 31 heavy (non-hydrogen) atoms. The Balaban J connectivity index is 0.00000272. The predicted octanol–water partition coefficient (Wildman–Crippen LogP) is 2.86. The number of likely N-dealkylation sites (N-methyl/N-ethyl adjacent to an activating group) is 1. The van der Waals surface area contributed by atoms with E-state index in [1.165, 1.54) is 36.8 Å². The molecule has 168 valence electrons. The van der Waals surface area contributed by atoms with E-state index in [4.69, 9.17) is 4.99 Å². The molecular formula is C23H33IN6O. The molecule has 3 unspecified atom stereocenters. The van der Waals surface area contributed by atoms with E-state index >= 15 is 0 Å². The zero-order chi connectivity index (χ0) is 20.9. The molecule has 2 bridgehead atoms. The number of rotatable bonds is 7. The molecule has 2 saturated carbocycles. The van der Waals surface area contributed by atoms with Crippen LogP contribution in [0, 0.1) is 11.8 Å². The molecule has 0 saturated heterocycles. The smallest absolute Gasteiger partial charge is 0.241 e. The number of fused-ring (bicyclic) bond motifs is 2. The summed E-state index contributed by atoms with van der Waals surface area (Å²) in [6.45, 7) is 1.53. The van der Waals surface area contributed by atoms with Crippen LogP contribution < -0.4 is 10.6 Å². The van der Waals surface area contributed by atoms with Gasteiger partial charge in [-0.3, -0.25) is 9.48 Å². The molecule has 0 aliphatic heterocycles. The highest BCUT2D eigenvalue weighted by Gasteiger charge is 2.39. The third-order valence-corrected chi connectivity index (χ3v) is 6.38. The lowest BCUT2D eigenvalue weighted by Gasteiger charge is -2.25. The standard InChI is InChI=1S/C23H32N6O.HI/c1-28(2)22(30)15-25-23(27-21-13-17-8-9-18(21)12-17)24-14-19-6-3-4-7-20(19)16-29-11-5-10-26-29;/h3-7,10-11,17-18,21H,8-9,12-16H2,1-2H3,(H2,24,25,27);1H. The van der Waals surface area contributed by atoms with Crippen LogP contribution in [0.4, 0.5) is 0 Å². The fraction of sp³-hybridized carbons (Fsp3) is 0.522. The number of hydrogen-bond donors (Lipinski definition) is 2. The second kappa shape index (κ2) is 11.0. The lowest BCUT2D eigenvalue weighted by atomic mass is 9.95. The highest BCUT2D eigenvalue weighted by Crippen LogP contribution is 2.44. The molecule has 2 aliphatic carbocycles. The van der Waals surface area contributed by atoms with Crippen LogP contribution in [0.3, 0.4) is 0 Å². The zero-order valence-corrected chi connectivity index (χ0v) is 20.7. The van der Waals surface area contributed by atoms with Gasteiger partial charge in [-0.25, -0.2) is 4.99 Å². The molecule has 1 aromatic carbocycles. The first-order valence-electron chi connectivity index (χ1n) is 10.9. The summed E-state index contributed by atoms with van der Waals surface area (Å²) in [7, 11) is 3.55. The molecule has 1 amide bonds. The molecule has 8 heteroatoms. The molecule has 2 N–H and O–H groups in total. The van der Waals surface area contributed by atoms with Gasteiger partial charge in [-0.2, -0.15) is 5.10 Å². The Hall–Kier alpha value is -2.10. The minimum absolute atomic E-state index is 0. The van der Waals surface area contributed by atoms with Crippen LogP contribution in [0.25, 0.3) is 0 Å². The molecule has 0 radical (unpaired) electrons. The van der Waals surface area contributed by atoms with E-state index in [1.807, 2.05) is 23.0 Å². The first-order chi connectivity index (χ1) is 14.6. The first kappa shape index (κ1) is 23.6. The van der Waals surface area contributed by atoms with E-state index in [2.05, 4.69) is 33.9 Å². The predicted molar refractivity (Wildman–Crippen MR) is 133 cm³/mol. The normalized spacial score (nSPS) is 22.1. The molecule has 2 aromatic rings. The third-order valence-electron chi connectivity index (χ3n) is 6.38. The van der Waals surface area contributed by atoms with Gasteiger partial charge in [0.15, 0.2) is 5.96 Å². The van der Waals surface area contributed by atoms with Crippen LogP contribution >= 0.6 is 24.0 Å². The molecule has 7 nitrogen and oxygen atoms in total. The van der Waals surface area contributed by atoms with Gasteiger partial charge in [-0.05, 0) is 48.3 Å². The van der Waals surface area contributed by atoms with Crippen LogP contribution in [-0.2, 0) is 17.9 Å². The molecular weight excluding hydrogens is 503 g/mol. The molecule has 1 heterocycles. The van der Waals surface area contributed by atoms with Gasteiger partial charge in [-0.1, -0.05) is 30.7 Å². The minimum atomic E-state index is 0. The molecule has 2 fully saturated rings. The number of guanidine groups is 1. The number of amides is 1. The molecule has 2 aliphatic rings. The van der Waals surface area contributed by atoms with Crippen molar-refractivity contribution < 1.29 is 4.79 Å². The van der Waals surface area contributed by atoms with E-state index in [-0.39, 0.29) is 36.4 Å². The van der Waals surface area contributed by atoms with Crippen LogP contribution in [0.5, 0.6) is 0 Å². The SMILES string of the molecule is CN(C)C(=O)CNC(=NCc1ccccc1Cn1cccn1)NC1CC2CCC1C2.I. The summed E-state index contributed by atoms with van der Waals surface area (Å²) >= 11 is 0. The maximum atomic E-state index is 12.1. The summed E-state index contributed by atoms with van der Waals surface area (Å²) in [6.07, 6.45) is 8.97. The summed E-state index contributed by atoms with van der Waals surface area (Å²) in [6, 6.07) is 10.7. The van der Waals surface area contributed by atoms with Crippen molar-refractivity contribution in [1.29, 1.82) is 0 Å². The Morgan fingerprint density at radius 3 is 2.65 bits per heavy atom. The monoisotopic (exact) mass is 536 g/mol. The Morgan fingerprint density at radius 2 is 2.00 bits per heavy atom. The summed E-state index contributed by atoms with van der Waals surface area (Å²) in [5.74, 6) is 2.36. The molecule has 3 atom stereocenters. The Labute approximate surface area is 201 Å². The van der Waals surface area contributed by atoms with E-state index in [1.54, 1.807) is 25.2 Å². The van der Waals surface area contributed by atoms with Crippen molar-refractivity contribution in [2.45, 2.75) is 44.8 Å². The van der Waals surface area contributed by atoms with Gasteiger partial charge >= 0.3 is 0 Å². The van der Waals surface area contributed by atoms with Gasteiger partial charge in [0.1, 0.15) is 0 Å². The van der Waals surface area contributed by atoms with Crippen molar-refractivity contribution in [3.63, 3.8) is 0 Å². The number of carbonyl (C=O) groups excluding carboxylic acids is 1. The highest BCUT2D eigenvalue weighted by atomic mass is 127. The molecule has 0 spiro atoms. The van der Waals surface area contributed by atoms with Crippen molar-refractivity contribution in [1.82, 2.24) is 25.3 Å². The maximum absolute atomic E-state index is 12.1. The van der Waals surface area contributed by atoms with Crippen molar-refractivity contribution in [3.8, 4) is 0 Å². The van der Waals surface area contributed by atoms with Crippen LogP contribution in [-0.4, -0.2) is 53.2 Å². The largest absolute Gasteiger partial charge is 0.353 e.